The molecule has 80 valence electrons. The first-order valence-electron chi connectivity index (χ1n) is 5.83. The van der Waals surface area contributed by atoms with Crippen LogP contribution >= 0.6 is 0 Å². The monoisotopic (exact) mass is 195 g/mol. The highest BCUT2D eigenvalue weighted by Crippen LogP contribution is 2.20. The highest BCUT2D eigenvalue weighted by molar-refractivity contribution is 5.04. The Bertz CT molecular complexity index is 202. The topological polar surface area (TPSA) is 21.3 Å². The van der Waals surface area contributed by atoms with E-state index in [9.17, 15) is 0 Å². The Morgan fingerprint density at radius 1 is 1.43 bits per heavy atom. The van der Waals surface area contributed by atoms with Crippen LogP contribution in [0.1, 0.15) is 32.6 Å². The van der Waals surface area contributed by atoms with Crippen molar-refractivity contribution in [3.8, 4) is 0 Å². The maximum atomic E-state index is 5.46. The molecule has 2 heteroatoms. The summed E-state index contributed by atoms with van der Waals surface area (Å²) in [5.74, 6) is 0.671. The minimum atomic E-state index is 0.671. The molecule has 2 nitrogen and oxygen atoms in total. The predicted octanol–water partition coefficient (Wildman–Crippen LogP) is 2.11. The summed E-state index contributed by atoms with van der Waals surface area (Å²) in [7, 11) is 0. The van der Waals surface area contributed by atoms with Gasteiger partial charge in [-0.2, -0.15) is 0 Å². The van der Waals surface area contributed by atoms with E-state index in [0.717, 1.165) is 25.8 Å². The Labute approximate surface area is 86.7 Å². The van der Waals surface area contributed by atoms with Crippen molar-refractivity contribution in [2.24, 2.45) is 5.92 Å². The van der Waals surface area contributed by atoms with Crippen molar-refractivity contribution >= 4 is 0 Å². The Morgan fingerprint density at radius 2 is 2.29 bits per heavy atom. The van der Waals surface area contributed by atoms with Crippen LogP contribution in [-0.4, -0.2) is 25.8 Å². The molecule has 0 bridgehead atoms. The lowest BCUT2D eigenvalue weighted by molar-refractivity contribution is 0.0707. The van der Waals surface area contributed by atoms with Crippen LogP contribution in [0.15, 0.2) is 11.6 Å². The van der Waals surface area contributed by atoms with Gasteiger partial charge in [0.1, 0.15) is 0 Å². The van der Waals surface area contributed by atoms with E-state index in [1.807, 2.05) is 0 Å². The summed E-state index contributed by atoms with van der Waals surface area (Å²) in [4.78, 5) is 0. The Morgan fingerprint density at radius 3 is 2.93 bits per heavy atom. The van der Waals surface area contributed by atoms with E-state index >= 15 is 0 Å². The molecule has 0 amide bonds. The second-order valence-corrected chi connectivity index (χ2v) is 4.65. The summed E-state index contributed by atoms with van der Waals surface area (Å²) in [6.07, 6.45) is 7.68. The maximum Gasteiger partial charge on any atom is 0.0528 e. The van der Waals surface area contributed by atoms with Crippen molar-refractivity contribution in [2.75, 3.05) is 19.8 Å². The molecular formula is C12H21NO. The zero-order chi connectivity index (χ0) is 9.80. The average Bonchev–Trinajstić information content (AvgIpc) is 3.00. The van der Waals surface area contributed by atoms with Gasteiger partial charge >= 0.3 is 0 Å². The quantitative estimate of drug-likeness (QED) is 0.694. The number of nitrogens with one attached hydrogen (secondary N) is 1. The summed E-state index contributed by atoms with van der Waals surface area (Å²) in [6.45, 7) is 5.19. The van der Waals surface area contributed by atoms with Crippen LogP contribution in [0.3, 0.4) is 0 Å². The molecule has 1 aliphatic heterocycles. The first-order chi connectivity index (χ1) is 6.84. The molecule has 14 heavy (non-hydrogen) atoms. The predicted molar refractivity (Wildman–Crippen MR) is 58.3 cm³/mol. The third-order valence-corrected chi connectivity index (χ3v) is 2.96. The van der Waals surface area contributed by atoms with Crippen LogP contribution in [-0.2, 0) is 4.74 Å². The summed E-state index contributed by atoms with van der Waals surface area (Å²) < 4.78 is 5.46. The number of hydrogen-bond donors (Lipinski definition) is 1. The number of rotatable bonds is 4. The normalized spacial score (nSPS) is 29.2. The fourth-order valence-electron chi connectivity index (χ4n) is 1.95. The van der Waals surface area contributed by atoms with Crippen molar-refractivity contribution in [3.63, 3.8) is 0 Å². The Hall–Kier alpha value is -0.340. The van der Waals surface area contributed by atoms with E-state index in [0.29, 0.717) is 5.92 Å². The van der Waals surface area contributed by atoms with Crippen molar-refractivity contribution in [1.82, 2.24) is 5.32 Å². The summed E-state index contributed by atoms with van der Waals surface area (Å²) in [5.41, 5.74) is 1.48. The SMILES string of the molecule is C/C(=C\C1CCCOC1)CNC1CC1. The zero-order valence-corrected chi connectivity index (χ0v) is 9.09. The highest BCUT2D eigenvalue weighted by atomic mass is 16.5. The standard InChI is InChI=1S/C12H21NO/c1-10(8-13-12-4-5-12)7-11-3-2-6-14-9-11/h7,11-13H,2-6,8-9H2,1H3/b10-7+. The van der Waals surface area contributed by atoms with E-state index in [-0.39, 0.29) is 0 Å². The Balaban J connectivity index is 1.70. The number of ether oxygens (including phenoxy) is 1. The summed E-state index contributed by atoms with van der Waals surface area (Å²) in [5, 5.41) is 3.54. The molecule has 2 rings (SSSR count). The second kappa shape index (κ2) is 4.94. The molecule has 0 spiro atoms. The van der Waals surface area contributed by atoms with Crippen LogP contribution in [0.2, 0.25) is 0 Å². The van der Waals surface area contributed by atoms with Crippen LogP contribution in [0.4, 0.5) is 0 Å². The zero-order valence-electron chi connectivity index (χ0n) is 9.09. The minimum absolute atomic E-state index is 0.671. The largest absolute Gasteiger partial charge is 0.381 e. The van der Waals surface area contributed by atoms with E-state index in [1.54, 1.807) is 0 Å². The fourth-order valence-corrected chi connectivity index (χ4v) is 1.95. The summed E-state index contributed by atoms with van der Waals surface area (Å²) >= 11 is 0. The molecule has 1 atom stereocenters. The highest BCUT2D eigenvalue weighted by Gasteiger charge is 2.20. The van der Waals surface area contributed by atoms with Gasteiger partial charge in [0, 0.05) is 25.1 Å². The minimum Gasteiger partial charge on any atom is -0.381 e. The fraction of sp³-hybridized carbons (Fsp3) is 0.833. The van der Waals surface area contributed by atoms with Gasteiger partial charge in [-0.15, -0.1) is 0 Å². The van der Waals surface area contributed by atoms with Gasteiger partial charge in [-0.1, -0.05) is 11.6 Å². The van der Waals surface area contributed by atoms with Gasteiger partial charge in [0.2, 0.25) is 0 Å². The molecule has 0 aromatic rings. The van der Waals surface area contributed by atoms with Gasteiger partial charge < -0.3 is 10.1 Å². The number of hydrogen-bond acceptors (Lipinski definition) is 2. The first-order valence-corrected chi connectivity index (χ1v) is 5.83. The van der Waals surface area contributed by atoms with Crippen LogP contribution < -0.4 is 5.32 Å². The maximum absolute atomic E-state index is 5.46. The van der Waals surface area contributed by atoms with Gasteiger partial charge in [0.05, 0.1) is 6.61 Å². The van der Waals surface area contributed by atoms with E-state index < -0.39 is 0 Å². The molecule has 2 aliphatic rings. The van der Waals surface area contributed by atoms with Crippen molar-refractivity contribution < 1.29 is 4.74 Å². The van der Waals surface area contributed by atoms with Crippen molar-refractivity contribution in [3.05, 3.63) is 11.6 Å². The smallest absolute Gasteiger partial charge is 0.0528 e. The van der Waals surface area contributed by atoms with E-state index in [2.05, 4.69) is 18.3 Å². The van der Waals surface area contributed by atoms with E-state index in [4.69, 9.17) is 4.74 Å². The van der Waals surface area contributed by atoms with Gasteiger partial charge in [-0.05, 0) is 32.6 Å². The molecule has 1 aliphatic carbocycles. The van der Waals surface area contributed by atoms with Crippen LogP contribution in [0, 0.1) is 5.92 Å². The molecule has 1 N–H and O–H groups in total. The molecule has 1 heterocycles. The lowest BCUT2D eigenvalue weighted by Gasteiger charge is -2.19. The molecule has 0 aromatic carbocycles. The van der Waals surface area contributed by atoms with Crippen molar-refractivity contribution in [1.29, 1.82) is 0 Å². The average molecular weight is 195 g/mol. The summed E-state index contributed by atoms with van der Waals surface area (Å²) in [6, 6.07) is 0.820. The molecule has 1 saturated carbocycles. The lowest BCUT2D eigenvalue weighted by Crippen LogP contribution is -2.20. The van der Waals surface area contributed by atoms with Gasteiger partial charge in [0.15, 0.2) is 0 Å². The Kier molecular flexibility index (Phi) is 3.60. The second-order valence-electron chi connectivity index (χ2n) is 4.65. The molecule has 0 radical (unpaired) electrons. The lowest BCUT2D eigenvalue weighted by atomic mass is 9.99. The molecular weight excluding hydrogens is 174 g/mol. The van der Waals surface area contributed by atoms with Gasteiger partial charge in [-0.3, -0.25) is 0 Å². The van der Waals surface area contributed by atoms with Crippen molar-refractivity contribution in [2.45, 2.75) is 38.6 Å². The third-order valence-electron chi connectivity index (χ3n) is 2.96. The van der Waals surface area contributed by atoms with Gasteiger partial charge in [0.25, 0.3) is 0 Å². The van der Waals surface area contributed by atoms with Gasteiger partial charge in [-0.25, -0.2) is 0 Å². The molecule has 1 saturated heterocycles. The van der Waals surface area contributed by atoms with Crippen LogP contribution in [0.25, 0.3) is 0 Å². The molecule has 2 fully saturated rings. The third kappa shape index (κ3) is 3.43. The molecule has 0 aromatic heterocycles. The first kappa shape index (κ1) is 10.2. The van der Waals surface area contributed by atoms with E-state index in [1.165, 1.54) is 31.3 Å². The van der Waals surface area contributed by atoms with Crippen LogP contribution in [0.5, 0.6) is 0 Å². The molecule has 1 unspecified atom stereocenters.